The molecule has 1 rings (SSSR count). The molecule has 1 aromatic rings. The van der Waals surface area contributed by atoms with Crippen molar-refractivity contribution in [2.45, 2.75) is 40.0 Å². The van der Waals surface area contributed by atoms with Gasteiger partial charge in [-0.3, -0.25) is 0 Å². The van der Waals surface area contributed by atoms with Gasteiger partial charge in [0.15, 0.2) is 0 Å². The lowest BCUT2D eigenvalue weighted by Crippen LogP contribution is -2.06. The van der Waals surface area contributed by atoms with E-state index in [1.54, 1.807) is 0 Å². The number of anilines is 1. The summed E-state index contributed by atoms with van der Waals surface area (Å²) >= 11 is 0. The summed E-state index contributed by atoms with van der Waals surface area (Å²) < 4.78 is 0. The lowest BCUT2D eigenvalue weighted by atomic mass is 10.2. The highest BCUT2D eigenvalue weighted by molar-refractivity contribution is 5.36. The first-order valence-electron chi connectivity index (χ1n) is 5.29. The molecule has 3 heteroatoms. The van der Waals surface area contributed by atoms with Crippen LogP contribution in [0.3, 0.4) is 0 Å². The minimum atomic E-state index is 0.388. The van der Waals surface area contributed by atoms with Gasteiger partial charge >= 0.3 is 0 Å². The van der Waals surface area contributed by atoms with Gasteiger partial charge in [0.05, 0.1) is 0 Å². The largest absolute Gasteiger partial charge is 0.370 e. The second-order valence-corrected chi connectivity index (χ2v) is 3.64. The predicted molar refractivity (Wildman–Crippen MR) is 59.7 cm³/mol. The van der Waals surface area contributed by atoms with Crippen LogP contribution in [0.5, 0.6) is 0 Å². The van der Waals surface area contributed by atoms with Crippen molar-refractivity contribution < 1.29 is 0 Å². The molecule has 0 fully saturated rings. The smallest absolute Gasteiger partial charge is 0.133 e. The van der Waals surface area contributed by atoms with E-state index in [-0.39, 0.29) is 0 Å². The molecule has 0 aliphatic heterocycles. The molecule has 0 bridgehead atoms. The van der Waals surface area contributed by atoms with Crippen LogP contribution in [0.2, 0.25) is 0 Å². The van der Waals surface area contributed by atoms with Gasteiger partial charge in [-0.25, -0.2) is 9.97 Å². The zero-order valence-corrected chi connectivity index (χ0v) is 9.46. The highest BCUT2D eigenvalue weighted by atomic mass is 15.0. The molecule has 0 radical (unpaired) electrons. The lowest BCUT2D eigenvalue weighted by Gasteiger charge is -2.09. The fourth-order valence-corrected chi connectivity index (χ4v) is 1.23. The summed E-state index contributed by atoms with van der Waals surface area (Å²) in [5, 5.41) is 3.23. The van der Waals surface area contributed by atoms with E-state index in [1.807, 2.05) is 6.07 Å². The number of nitrogens with one attached hydrogen (secondary N) is 1. The Labute approximate surface area is 86.0 Å². The van der Waals surface area contributed by atoms with Crippen molar-refractivity contribution in [3.63, 3.8) is 0 Å². The van der Waals surface area contributed by atoms with Crippen molar-refractivity contribution in [1.82, 2.24) is 9.97 Å². The summed E-state index contributed by atoms with van der Waals surface area (Å²) in [5.74, 6) is 2.27. The Bertz CT molecular complexity index is 295. The van der Waals surface area contributed by atoms with Gasteiger partial charge in [-0.2, -0.15) is 0 Å². The Morgan fingerprint density at radius 3 is 2.50 bits per heavy atom. The molecular formula is C11H19N3. The van der Waals surface area contributed by atoms with E-state index in [0.717, 1.165) is 30.3 Å². The Kier molecular flexibility index (Phi) is 3.86. The first-order valence-corrected chi connectivity index (χ1v) is 5.29. The Hall–Kier alpha value is -1.12. The molecule has 0 spiro atoms. The molecule has 0 unspecified atom stereocenters. The molecule has 0 saturated carbocycles. The molecular weight excluding hydrogens is 174 g/mol. The van der Waals surface area contributed by atoms with E-state index in [4.69, 9.17) is 0 Å². The van der Waals surface area contributed by atoms with Gasteiger partial charge in [0, 0.05) is 24.2 Å². The predicted octanol–water partition coefficient (Wildman–Crippen LogP) is 2.59. The van der Waals surface area contributed by atoms with Crippen LogP contribution in [-0.2, 0) is 6.42 Å². The van der Waals surface area contributed by atoms with Gasteiger partial charge in [-0.15, -0.1) is 0 Å². The Morgan fingerprint density at radius 1 is 1.29 bits per heavy atom. The van der Waals surface area contributed by atoms with Gasteiger partial charge in [0.2, 0.25) is 0 Å². The third-order valence-corrected chi connectivity index (χ3v) is 2.03. The van der Waals surface area contributed by atoms with E-state index in [2.05, 4.69) is 43.0 Å². The number of aryl methyl sites for hydroxylation is 1. The topological polar surface area (TPSA) is 37.8 Å². The molecule has 14 heavy (non-hydrogen) atoms. The summed E-state index contributed by atoms with van der Waals surface area (Å²) in [4.78, 5) is 8.93. The van der Waals surface area contributed by atoms with Crippen LogP contribution >= 0.6 is 0 Å². The molecule has 0 saturated heterocycles. The quantitative estimate of drug-likeness (QED) is 0.798. The van der Waals surface area contributed by atoms with E-state index in [0.29, 0.717) is 5.92 Å². The molecule has 1 N–H and O–H groups in total. The van der Waals surface area contributed by atoms with Crippen LogP contribution in [0.4, 0.5) is 5.82 Å². The van der Waals surface area contributed by atoms with Gasteiger partial charge in [0.1, 0.15) is 11.6 Å². The third kappa shape index (κ3) is 2.69. The first-order chi connectivity index (χ1) is 6.67. The standard InChI is InChI=1S/C11H19N3/c1-5-9-7-10(12-6-2)14-11(13-9)8(3)4/h7-8H,5-6H2,1-4H3,(H,12,13,14). The SMILES string of the molecule is CCNc1cc(CC)nc(C(C)C)n1. The van der Waals surface area contributed by atoms with Crippen molar-refractivity contribution in [3.8, 4) is 0 Å². The maximum absolute atomic E-state index is 4.48. The van der Waals surface area contributed by atoms with Crippen LogP contribution in [0, 0.1) is 0 Å². The number of hydrogen-bond donors (Lipinski definition) is 1. The van der Waals surface area contributed by atoms with Crippen LogP contribution < -0.4 is 5.32 Å². The van der Waals surface area contributed by atoms with Crippen molar-refractivity contribution in [2.75, 3.05) is 11.9 Å². The van der Waals surface area contributed by atoms with Gasteiger partial charge < -0.3 is 5.32 Å². The molecule has 0 atom stereocenters. The Morgan fingerprint density at radius 2 is 2.00 bits per heavy atom. The summed E-state index contributed by atoms with van der Waals surface area (Å²) in [7, 11) is 0. The van der Waals surface area contributed by atoms with Gasteiger partial charge in [-0.1, -0.05) is 20.8 Å². The average Bonchev–Trinajstić information content (AvgIpc) is 2.17. The Balaban J connectivity index is 3.00. The van der Waals surface area contributed by atoms with Crippen LogP contribution in [0.1, 0.15) is 45.1 Å². The van der Waals surface area contributed by atoms with E-state index in [1.165, 1.54) is 0 Å². The van der Waals surface area contributed by atoms with Gasteiger partial charge in [-0.05, 0) is 13.3 Å². The minimum Gasteiger partial charge on any atom is -0.370 e. The van der Waals surface area contributed by atoms with Crippen molar-refractivity contribution in [3.05, 3.63) is 17.6 Å². The van der Waals surface area contributed by atoms with E-state index in [9.17, 15) is 0 Å². The number of aromatic nitrogens is 2. The van der Waals surface area contributed by atoms with Crippen molar-refractivity contribution in [1.29, 1.82) is 0 Å². The van der Waals surface area contributed by atoms with E-state index >= 15 is 0 Å². The monoisotopic (exact) mass is 193 g/mol. The zero-order chi connectivity index (χ0) is 10.6. The number of hydrogen-bond acceptors (Lipinski definition) is 3. The molecule has 0 aliphatic carbocycles. The molecule has 0 aliphatic rings. The molecule has 78 valence electrons. The zero-order valence-electron chi connectivity index (χ0n) is 9.46. The molecule has 1 aromatic heterocycles. The van der Waals surface area contributed by atoms with Crippen LogP contribution in [0.15, 0.2) is 6.07 Å². The number of rotatable bonds is 4. The van der Waals surface area contributed by atoms with Crippen LogP contribution in [-0.4, -0.2) is 16.5 Å². The first kappa shape index (κ1) is 11.0. The molecule has 0 amide bonds. The highest BCUT2D eigenvalue weighted by Crippen LogP contribution is 2.14. The number of nitrogens with zero attached hydrogens (tertiary/aromatic N) is 2. The average molecular weight is 193 g/mol. The molecule has 3 nitrogen and oxygen atoms in total. The van der Waals surface area contributed by atoms with E-state index < -0.39 is 0 Å². The fourth-order valence-electron chi connectivity index (χ4n) is 1.23. The highest BCUT2D eigenvalue weighted by Gasteiger charge is 2.06. The van der Waals surface area contributed by atoms with Crippen molar-refractivity contribution >= 4 is 5.82 Å². The second kappa shape index (κ2) is 4.94. The maximum atomic E-state index is 4.48. The molecule has 1 heterocycles. The summed E-state index contributed by atoms with van der Waals surface area (Å²) in [6.07, 6.45) is 0.959. The summed E-state index contributed by atoms with van der Waals surface area (Å²) in [5.41, 5.74) is 1.11. The summed E-state index contributed by atoms with van der Waals surface area (Å²) in [6.45, 7) is 9.32. The fraction of sp³-hybridized carbons (Fsp3) is 0.636. The minimum absolute atomic E-state index is 0.388. The second-order valence-electron chi connectivity index (χ2n) is 3.64. The summed E-state index contributed by atoms with van der Waals surface area (Å²) in [6, 6.07) is 2.02. The lowest BCUT2D eigenvalue weighted by molar-refractivity contribution is 0.759. The third-order valence-electron chi connectivity index (χ3n) is 2.03. The van der Waals surface area contributed by atoms with Gasteiger partial charge in [0.25, 0.3) is 0 Å². The maximum Gasteiger partial charge on any atom is 0.133 e. The normalized spacial score (nSPS) is 10.6. The van der Waals surface area contributed by atoms with Crippen LogP contribution in [0.25, 0.3) is 0 Å². The molecule has 0 aromatic carbocycles. The van der Waals surface area contributed by atoms with Crippen molar-refractivity contribution in [2.24, 2.45) is 0 Å².